The van der Waals surface area contributed by atoms with E-state index in [0.717, 1.165) is 30.1 Å². The number of piperidine rings is 1. The van der Waals surface area contributed by atoms with E-state index in [0.29, 0.717) is 23.9 Å². The molecular weight excluding hydrogens is 386 g/mol. The van der Waals surface area contributed by atoms with Crippen LogP contribution in [-0.2, 0) is 9.73 Å². The largest absolute Gasteiger partial charge is 0.354 e. The van der Waals surface area contributed by atoms with Crippen molar-refractivity contribution in [2.45, 2.75) is 19.4 Å². The van der Waals surface area contributed by atoms with Crippen molar-refractivity contribution in [1.82, 2.24) is 19.4 Å². The Morgan fingerprint density at radius 2 is 2.07 bits per heavy atom. The maximum absolute atomic E-state index is 12.1. The highest BCUT2D eigenvalue weighted by atomic mass is 32.2. The summed E-state index contributed by atoms with van der Waals surface area (Å²) >= 11 is 0. The highest BCUT2D eigenvalue weighted by Crippen LogP contribution is 2.26. The second-order valence-corrected chi connectivity index (χ2v) is 10.4. The summed E-state index contributed by atoms with van der Waals surface area (Å²) in [7, 11) is -2.15. The zero-order chi connectivity index (χ0) is 20.6. The number of imidazole rings is 1. The fourth-order valence-corrected chi connectivity index (χ4v) is 4.67. The maximum Gasteiger partial charge on any atom is 0.180 e. The lowest BCUT2D eigenvalue weighted by molar-refractivity contribution is 0.402. The van der Waals surface area contributed by atoms with Crippen molar-refractivity contribution < 1.29 is 4.21 Å². The third-order valence-electron chi connectivity index (χ3n) is 4.87. The van der Waals surface area contributed by atoms with Crippen molar-refractivity contribution in [3.63, 3.8) is 0 Å². The lowest BCUT2D eigenvalue weighted by Crippen LogP contribution is -2.42. The highest BCUT2D eigenvalue weighted by Gasteiger charge is 2.26. The Kier molecular flexibility index (Phi) is 4.96. The van der Waals surface area contributed by atoms with E-state index < -0.39 is 9.73 Å². The minimum atomic E-state index is -2.15. The average Bonchev–Trinajstić information content (AvgIpc) is 3.09. The molecule has 1 aliphatic heterocycles. The van der Waals surface area contributed by atoms with Crippen LogP contribution < -0.4 is 4.90 Å². The van der Waals surface area contributed by atoms with Gasteiger partial charge in [0.25, 0.3) is 0 Å². The molecule has 3 aromatic heterocycles. The number of hydrogen-bond donors (Lipinski definition) is 0. The van der Waals surface area contributed by atoms with Crippen LogP contribution in [0.3, 0.4) is 0 Å². The fraction of sp³-hybridized carbons (Fsp3) is 0.400. The van der Waals surface area contributed by atoms with E-state index in [4.69, 9.17) is 4.98 Å². The summed E-state index contributed by atoms with van der Waals surface area (Å²) in [5.41, 5.74) is 2.01. The fourth-order valence-electron chi connectivity index (χ4n) is 3.80. The Bertz CT molecular complexity index is 1210. The van der Waals surface area contributed by atoms with Crippen LogP contribution in [0.1, 0.15) is 18.9 Å². The molecular formula is C20H23N7OS. The Hall–Kier alpha value is -2.99. The highest BCUT2D eigenvalue weighted by molar-refractivity contribution is 7.92. The first-order valence-electron chi connectivity index (χ1n) is 9.44. The number of nitriles is 1. The molecule has 4 rings (SSSR count). The second kappa shape index (κ2) is 7.44. The van der Waals surface area contributed by atoms with Crippen molar-refractivity contribution in [2.75, 3.05) is 30.5 Å². The van der Waals surface area contributed by atoms with Gasteiger partial charge in [-0.05, 0) is 30.5 Å². The third kappa shape index (κ3) is 4.22. The summed E-state index contributed by atoms with van der Waals surface area (Å²) in [6.07, 6.45) is 9.48. The molecule has 9 heteroatoms. The van der Waals surface area contributed by atoms with E-state index in [1.807, 2.05) is 10.5 Å². The Morgan fingerprint density at radius 1 is 1.24 bits per heavy atom. The number of pyridine rings is 1. The van der Waals surface area contributed by atoms with E-state index in [-0.39, 0.29) is 6.04 Å². The molecule has 0 aromatic carbocycles. The van der Waals surface area contributed by atoms with Crippen molar-refractivity contribution >= 4 is 21.2 Å². The Balaban J connectivity index is 1.69. The Labute approximate surface area is 170 Å². The molecule has 0 spiro atoms. The van der Waals surface area contributed by atoms with Crippen molar-refractivity contribution in [2.24, 2.45) is 10.3 Å². The molecule has 0 N–H and O–H groups in total. The first-order chi connectivity index (χ1) is 13.8. The number of nitrogens with zero attached hydrogens (tertiary/aromatic N) is 7. The van der Waals surface area contributed by atoms with Gasteiger partial charge in [-0.3, -0.25) is 8.61 Å². The van der Waals surface area contributed by atoms with Gasteiger partial charge in [-0.1, -0.05) is 6.92 Å². The van der Waals surface area contributed by atoms with E-state index >= 15 is 0 Å². The number of rotatable bonds is 3. The van der Waals surface area contributed by atoms with E-state index in [2.05, 4.69) is 32.2 Å². The Morgan fingerprint density at radius 3 is 2.83 bits per heavy atom. The number of aromatic nitrogens is 4. The van der Waals surface area contributed by atoms with Crippen LogP contribution in [-0.4, -0.2) is 55.2 Å². The average molecular weight is 410 g/mol. The van der Waals surface area contributed by atoms with E-state index in [1.54, 1.807) is 43.2 Å². The lowest BCUT2D eigenvalue weighted by atomic mass is 9.97. The summed E-state index contributed by atoms with van der Waals surface area (Å²) in [5, 5.41) is 9.19. The normalized spacial score (nSPS) is 19.9. The first kappa shape index (κ1) is 19.3. The summed E-state index contributed by atoms with van der Waals surface area (Å²) < 4.78 is 18.5. The predicted octanol–water partition coefficient (Wildman–Crippen LogP) is 2.61. The number of hydrogen-bond acceptors (Lipinski definition) is 7. The second-order valence-electron chi connectivity index (χ2n) is 7.83. The quantitative estimate of drug-likeness (QED) is 0.659. The van der Waals surface area contributed by atoms with Crippen molar-refractivity contribution in [3.8, 4) is 17.6 Å². The van der Waals surface area contributed by atoms with E-state index in [1.165, 1.54) is 0 Å². The monoisotopic (exact) mass is 409 g/mol. The molecule has 1 saturated heterocycles. The molecule has 0 saturated carbocycles. The zero-order valence-electron chi connectivity index (χ0n) is 16.7. The van der Waals surface area contributed by atoms with Crippen LogP contribution in [0.4, 0.5) is 5.82 Å². The molecule has 4 heterocycles. The molecule has 0 radical (unpaired) electrons. The van der Waals surface area contributed by atoms with Crippen LogP contribution >= 0.6 is 0 Å². The third-order valence-corrected chi connectivity index (χ3v) is 5.68. The van der Waals surface area contributed by atoms with Crippen LogP contribution in [0, 0.1) is 17.2 Å². The van der Waals surface area contributed by atoms with Crippen LogP contribution in [0.25, 0.3) is 17.2 Å². The molecule has 1 fully saturated rings. The van der Waals surface area contributed by atoms with Gasteiger partial charge in [0.15, 0.2) is 5.82 Å². The van der Waals surface area contributed by atoms with Gasteiger partial charge in [0.1, 0.15) is 23.2 Å². The number of anilines is 1. The van der Waals surface area contributed by atoms with Crippen LogP contribution in [0.5, 0.6) is 0 Å². The van der Waals surface area contributed by atoms with Crippen LogP contribution in [0.15, 0.2) is 41.2 Å². The van der Waals surface area contributed by atoms with Crippen molar-refractivity contribution in [3.05, 3.63) is 42.4 Å². The van der Waals surface area contributed by atoms with Gasteiger partial charge in [-0.15, -0.1) is 0 Å². The lowest BCUT2D eigenvalue weighted by Gasteiger charge is -2.35. The molecule has 8 nitrogen and oxygen atoms in total. The minimum Gasteiger partial charge on any atom is -0.354 e. The van der Waals surface area contributed by atoms with Gasteiger partial charge in [0.05, 0.1) is 17.8 Å². The van der Waals surface area contributed by atoms with Gasteiger partial charge in [-0.2, -0.15) is 5.26 Å². The minimum absolute atomic E-state index is 0.0219. The molecule has 3 aromatic rings. The summed E-state index contributed by atoms with van der Waals surface area (Å²) in [6.45, 7) is 3.73. The maximum atomic E-state index is 12.1. The summed E-state index contributed by atoms with van der Waals surface area (Å²) in [5.74, 6) is 1.78. The molecule has 2 atom stereocenters. The summed E-state index contributed by atoms with van der Waals surface area (Å²) in [6, 6.07) is 7.60. The topological polar surface area (TPSA) is 99.5 Å². The molecule has 0 amide bonds. The molecule has 0 aliphatic carbocycles. The molecule has 29 heavy (non-hydrogen) atoms. The molecule has 1 aliphatic rings. The SMILES string of the molecule is C[C@@H]1C[C@H](N=S(C)(C)=O)CN(c2ccnc(-c3cnc4ccc(C#N)cn34)n2)C1. The predicted molar refractivity (Wildman–Crippen MR) is 113 cm³/mol. The van der Waals surface area contributed by atoms with Gasteiger partial charge < -0.3 is 4.90 Å². The van der Waals surface area contributed by atoms with Gasteiger partial charge >= 0.3 is 0 Å². The van der Waals surface area contributed by atoms with E-state index in [9.17, 15) is 9.47 Å². The zero-order valence-corrected chi connectivity index (χ0v) is 17.5. The molecule has 150 valence electrons. The first-order valence-corrected chi connectivity index (χ1v) is 11.8. The van der Waals surface area contributed by atoms with Gasteiger partial charge in [-0.25, -0.2) is 19.3 Å². The van der Waals surface area contributed by atoms with Crippen LogP contribution in [0.2, 0.25) is 0 Å². The van der Waals surface area contributed by atoms with Gasteiger partial charge in [0.2, 0.25) is 0 Å². The molecule has 0 unspecified atom stereocenters. The standard InChI is InChI=1S/C20H23N7OS/c1-14-8-16(25-29(2,3)28)13-26(11-14)19-6-7-22-20(24-19)17-10-23-18-5-4-15(9-21)12-27(17)18/h4-7,10,12,14,16H,8,11,13H2,1-3H3/t14-,16+/m1/s1. The summed E-state index contributed by atoms with van der Waals surface area (Å²) in [4.78, 5) is 15.8. The molecule has 0 bridgehead atoms. The van der Waals surface area contributed by atoms with Crippen molar-refractivity contribution in [1.29, 1.82) is 5.26 Å². The van der Waals surface area contributed by atoms with Gasteiger partial charge in [0, 0.05) is 47.7 Å². The number of fused-ring (bicyclic) bond motifs is 1. The smallest absolute Gasteiger partial charge is 0.180 e.